The summed E-state index contributed by atoms with van der Waals surface area (Å²) >= 11 is 4.87. The van der Waals surface area contributed by atoms with Gasteiger partial charge in [-0.2, -0.15) is 52.7 Å². The Bertz CT molecular complexity index is 2780. The summed E-state index contributed by atoms with van der Waals surface area (Å²) in [6.45, 7) is 6.47. The maximum Gasteiger partial charge on any atom is 0.380 e. The van der Waals surface area contributed by atoms with Crippen LogP contribution >= 0.6 is 46.2 Å². The average Bonchev–Trinajstić information content (AvgIpc) is 3.95. The Kier molecular flexibility index (Phi) is 8.76. The molecule has 6 aromatic rings. The van der Waals surface area contributed by atoms with Gasteiger partial charge in [0.15, 0.2) is 0 Å². The summed E-state index contributed by atoms with van der Waals surface area (Å²) in [4.78, 5) is 1.95. The van der Waals surface area contributed by atoms with E-state index in [1.165, 1.54) is 49.5 Å². The van der Waals surface area contributed by atoms with Gasteiger partial charge in [-0.1, -0.05) is 72.8 Å². The van der Waals surface area contributed by atoms with Crippen molar-refractivity contribution in [2.24, 2.45) is 0 Å². The van der Waals surface area contributed by atoms with Crippen LogP contribution in [0.4, 0.5) is 52.7 Å². The van der Waals surface area contributed by atoms with Crippen molar-refractivity contribution in [3.8, 4) is 0 Å². The molecule has 0 nitrogen and oxygen atoms in total. The van der Waals surface area contributed by atoms with Gasteiger partial charge in [0.1, 0.15) is 0 Å². The Morgan fingerprint density at radius 2 is 0.758 bits per heavy atom. The Hall–Kier alpha value is -3.86. The molecule has 4 heterocycles. The molecule has 2 fully saturated rings. The molecule has 3 aliphatic carbocycles. The van der Waals surface area contributed by atoms with Crippen LogP contribution in [0.25, 0.3) is 31.3 Å². The van der Waals surface area contributed by atoms with Crippen molar-refractivity contribution >= 4 is 77.5 Å². The number of aryl methyl sites for hydroxylation is 2. The molecule has 11 rings (SSSR count). The molecule has 0 radical (unpaired) electrons. The van der Waals surface area contributed by atoms with Crippen LogP contribution in [-0.4, -0.2) is 45.0 Å². The fourth-order valence-electron chi connectivity index (χ4n) is 10.3. The number of benzene rings is 4. The number of rotatable bonds is 2. The van der Waals surface area contributed by atoms with Gasteiger partial charge < -0.3 is 0 Å². The second-order valence-electron chi connectivity index (χ2n) is 16.4. The van der Waals surface area contributed by atoms with Gasteiger partial charge >= 0.3 is 35.5 Å². The maximum atomic E-state index is 15.3. The zero-order valence-corrected chi connectivity index (χ0v) is 35.8. The van der Waals surface area contributed by atoms with E-state index in [2.05, 4.69) is 0 Å². The second kappa shape index (κ2) is 12.9. The van der Waals surface area contributed by atoms with Gasteiger partial charge in [-0.25, -0.2) is 0 Å². The fraction of sp³-hybridized carbons (Fsp3) is 0.304. The van der Waals surface area contributed by atoms with Gasteiger partial charge in [0.25, 0.3) is 0 Å². The SMILES string of the molecule is CC12Sc3ccccc3C1=C1C(=C3c4ccccc4S[C@]32C)C(F)(F)C(F)(F)C1(F)F.Cc1sc2ccccc2c1C1C(c2c(C)sc3ccccc23)C(F)(F)C(F)(F)C1(F)F. The van der Waals surface area contributed by atoms with E-state index in [1.54, 1.807) is 98.8 Å². The number of hydrogen-bond acceptors (Lipinski definition) is 4. The Labute approximate surface area is 363 Å². The summed E-state index contributed by atoms with van der Waals surface area (Å²) in [6, 6.07) is 26.2. The van der Waals surface area contributed by atoms with E-state index in [0.717, 1.165) is 22.7 Å². The molecule has 2 aromatic heterocycles. The molecule has 4 aromatic carbocycles. The summed E-state index contributed by atoms with van der Waals surface area (Å²) in [6.07, 6.45) is 0. The first kappa shape index (κ1) is 42.1. The summed E-state index contributed by atoms with van der Waals surface area (Å²) < 4.78 is 180. The third kappa shape index (κ3) is 4.87. The molecule has 4 atom stereocenters. The largest absolute Gasteiger partial charge is 0.380 e. The topological polar surface area (TPSA) is 0 Å². The molecule has 16 heteroatoms. The van der Waals surface area contributed by atoms with E-state index < -0.39 is 68.0 Å². The Balaban J connectivity index is 0.000000148. The first-order chi connectivity index (χ1) is 28.9. The number of thioether (sulfide) groups is 2. The first-order valence-electron chi connectivity index (χ1n) is 19.2. The lowest BCUT2D eigenvalue weighted by Gasteiger charge is -2.47. The number of fused-ring (bicyclic) bond motifs is 10. The fourth-order valence-corrected chi connectivity index (χ4v) is 15.7. The van der Waals surface area contributed by atoms with E-state index in [4.69, 9.17) is 0 Å². The van der Waals surface area contributed by atoms with Crippen molar-refractivity contribution in [3.05, 3.63) is 140 Å². The zero-order chi connectivity index (χ0) is 44.5. The third-order valence-corrected chi connectivity index (χ3v) is 18.7. The molecule has 322 valence electrons. The standard InChI is InChI=1S/C23H14F6S2.C23H16F6S2/c1-19-15(11-7-3-5-9-13(11)30-19)17-18(22(26,27)23(28,29)21(17,24)25)16-12-8-4-6-10-14(12)31-20(16,19)2;1-11-17(13-7-3-5-9-15(13)30-11)19-20(22(26,27)23(28,29)21(19,24)25)18-12(2)31-16-10-6-4-8-14(16)18/h3-10H,1-2H3;3-10,19-20H,1-2H3/t19-,20?;/m1./s1. The summed E-state index contributed by atoms with van der Waals surface area (Å²) in [5.41, 5.74) is -2.17. The quantitative estimate of drug-likeness (QED) is 0.159. The molecular formula is C46H30F12S4. The summed E-state index contributed by atoms with van der Waals surface area (Å²) in [7, 11) is 0. The molecule has 0 spiro atoms. The van der Waals surface area contributed by atoms with Gasteiger partial charge in [0, 0.05) is 40.1 Å². The van der Waals surface area contributed by atoms with Crippen LogP contribution in [0.5, 0.6) is 0 Å². The van der Waals surface area contributed by atoms with Crippen LogP contribution in [-0.2, 0) is 0 Å². The average molecular weight is 939 g/mol. The van der Waals surface area contributed by atoms with E-state index in [-0.39, 0.29) is 22.3 Å². The minimum absolute atomic E-state index is 0.100. The smallest absolute Gasteiger partial charge is 0.199 e. The van der Waals surface area contributed by atoms with Crippen LogP contribution in [0.2, 0.25) is 0 Å². The van der Waals surface area contributed by atoms with Crippen molar-refractivity contribution in [2.45, 2.75) is 94.4 Å². The lowest BCUT2D eigenvalue weighted by Crippen LogP contribution is -2.48. The molecule has 0 N–H and O–H groups in total. The third-order valence-electron chi connectivity index (χ3n) is 13.2. The number of allylic oxidation sites excluding steroid dienone is 2. The van der Waals surface area contributed by atoms with Gasteiger partial charge in [0.2, 0.25) is 0 Å². The Morgan fingerprint density at radius 1 is 0.419 bits per heavy atom. The monoisotopic (exact) mass is 938 g/mol. The van der Waals surface area contributed by atoms with Crippen LogP contribution in [0.15, 0.2) is 118 Å². The normalized spacial score (nSPS) is 28.6. The van der Waals surface area contributed by atoms with Gasteiger partial charge in [-0.3, -0.25) is 0 Å². The van der Waals surface area contributed by atoms with Gasteiger partial charge in [-0.05, 0) is 96.1 Å². The molecule has 2 aliphatic heterocycles. The van der Waals surface area contributed by atoms with Crippen LogP contribution < -0.4 is 0 Å². The molecule has 5 aliphatic rings. The highest BCUT2D eigenvalue weighted by atomic mass is 32.2. The van der Waals surface area contributed by atoms with E-state index >= 15 is 35.1 Å². The van der Waals surface area contributed by atoms with Crippen molar-refractivity contribution in [3.63, 3.8) is 0 Å². The van der Waals surface area contributed by atoms with Crippen molar-refractivity contribution in [1.82, 2.24) is 0 Å². The highest BCUT2D eigenvalue weighted by Crippen LogP contribution is 2.78. The number of alkyl halides is 12. The molecule has 0 bridgehead atoms. The van der Waals surface area contributed by atoms with E-state index in [0.29, 0.717) is 50.8 Å². The number of thiophene rings is 2. The van der Waals surface area contributed by atoms with Gasteiger partial charge in [-0.15, -0.1) is 46.2 Å². The maximum absolute atomic E-state index is 15.3. The lowest BCUT2D eigenvalue weighted by molar-refractivity contribution is -0.274. The molecule has 62 heavy (non-hydrogen) atoms. The molecule has 3 unspecified atom stereocenters. The predicted molar refractivity (Wildman–Crippen MR) is 224 cm³/mol. The minimum atomic E-state index is -5.53. The van der Waals surface area contributed by atoms with Crippen molar-refractivity contribution in [1.29, 1.82) is 0 Å². The second-order valence-corrected chi connectivity index (χ2v) is 21.8. The zero-order valence-electron chi connectivity index (χ0n) is 32.6. The van der Waals surface area contributed by atoms with Crippen molar-refractivity contribution < 1.29 is 52.7 Å². The lowest BCUT2D eigenvalue weighted by atomic mass is 9.68. The summed E-state index contributed by atoms with van der Waals surface area (Å²) in [5.74, 6) is -35.6. The molecule has 0 amide bonds. The van der Waals surface area contributed by atoms with Crippen LogP contribution in [0.1, 0.15) is 57.7 Å². The predicted octanol–water partition coefficient (Wildman–Crippen LogP) is 16.1. The molecule has 0 saturated heterocycles. The van der Waals surface area contributed by atoms with E-state index in [9.17, 15) is 17.6 Å². The van der Waals surface area contributed by atoms with Crippen LogP contribution in [0.3, 0.4) is 0 Å². The van der Waals surface area contributed by atoms with Crippen LogP contribution in [0, 0.1) is 13.8 Å². The number of hydrogen-bond donors (Lipinski definition) is 0. The minimum Gasteiger partial charge on any atom is -0.199 e. The molecule has 2 saturated carbocycles. The van der Waals surface area contributed by atoms with Crippen molar-refractivity contribution in [2.75, 3.05) is 0 Å². The Morgan fingerprint density at radius 3 is 1.15 bits per heavy atom. The van der Waals surface area contributed by atoms with Gasteiger partial charge in [0.05, 0.1) is 21.3 Å². The highest BCUT2D eigenvalue weighted by molar-refractivity contribution is 8.06. The number of halogens is 12. The molecular weight excluding hydrogens is 909 g/mol. The first-order valence-corrected chi connectivity index (χ1v) is 22.5. The van der Waals surface area contributed by atoms with E-state index in [1.807, 2.05) is 0 Å². The summed E-state index contributed by atoms with van der Waals surface area (Å²) in [5, 5.41) is 0.649. The highest BCUT2D eigenvalue weighted by Gasteiger charge is 2.86.